The van der Waals surface area contributed by atoms with Crippen LogP contribution in [0.2, 0.25) is 0 Å². The van der Waals surface area contributed by atoms with E-state index in [4.69, 9.17) is 10.5 Å². The highest BCUT2D eigenvalue weighted by Gasteiger charge is 2.38. The minimum Gasteiger partial charge on any atom is -0.491 e. The van der Waals surface area contributed by atoms with E-state index in [1.54, 1.807) is 4.57 Å². The lowest BCUT2D eigenvalue weighted by Gasteiger charge is -2.27. The molecule has 3 N–H and O–H groups in total. The molecule has 0 spiro atoms. The molecule has 2 heterocycles. The Balaban J connectivity index is 2.21. The summed E-state index contributed by atoms with van der Waals surface area (Å²) < 4.78 is 21.8. The summed E-state index contributed by atoms with van der Waals surface area (Å²) in [5.74, 6) is -1.59. The maximum absolute atomic E-state index is 14.6. The molecule has 0 bridgehead atoms. The third kappa shape index (κ3) is 2.80. The van der Waals surface area contributed by atoms with Crippen molar-refractivity contribution in [3.63, 3.8) is 0 Å². The van der Waals surface area contributed by atoms with Gasteiger partial charge in [-0.05, 0) is 13.0 Å². The number of fused-ring (bicyclic) bond motifs is 3. The van der Waals surface area contributed by atoms with Gasteiger partial charge in [0, 0.05) is 31.9 Å². The summed E-state index contributed by atoms with van der Waals surface area (Å²) >= 11 is 0. The first-order valence-electron chi connectivity index (χ1n) is 7.91. The SMILES string of the molecule is CN(C)C(=O)C(C)(O)c1cc2c(cc1F)OCCn1cc(C(N)=O)nc1-2. The molecule has 0 radical (unpaired) electrons. The Morgan fingerprint density at radius 1 is 1.42 bits per heavy atom. The van der Waals surface area contributed by atoms with Gasteiger partial charge in [-0.2, -0.15) is 0 Å². The van der Waals surface area contributed by atoms with Crippen molar-refractivity contribution in [2.45, 2.75) is 19.1 Å². The predicted octanol–water partition coefficient (Wildman–Crippen LogP) is 0.476. The van der Waals surface area contributed by atoms with Gasteiger partial charge in [0.1, 0.15) is 29.7 Å². The zero-order valence-electron chi connectivity index (χ0n) is 14.6. The van der Waals surface area contributed by atoms with E-state index in [1.165, 1.54) is 38.2 Å². The average molecular weight is 362 g/mol. The molecule has 0 fully saturated rings. The number of nitrogens with zero attached hydrogens (tertiary/aromatic N) is 3. The number of hydrogen-bond donors (Lipinski definition) is 2. The number of ether oxygens (including phenoxy) is 1. The van der Waals surface area contributed by atoms with Crippen molar-refractivity contribution in [2.75, 3.05) is 20.7 Å². The van der Waals surface area contributed by atoms with Crippen LogP contribution in [-0.4, -0.2) is 52.1 Å². The molecule has 8 nitrogen and oxygen atoms in total. The molecule has 1 atom stereocenters. The van der Waals surface area contributed by atoms with Crippen molar-refractivity contribution < 1.29 is 23.8 Å². The van der Waals surface area contributed by atoms with Crippen LogP contribution >= 0.6 is 0 Å². The largest absolute Gasteiger partial charge is 0.491 e. The smallest absolute Gasteiger partial charge is 0.268 e. The van der Waals surface area contributed by atoms with Crippen LogP contribution < -0.4 is 10.5 Å². The summed E-state index contributed by atoms with van der Waals surface area (Å²) in [5.41, 5.74) is 3.41. The third-order valence-electron chi connectivity index (χ3n) is 4.28. The molecule has 26 heavy (non-hydrogen) atoms. The van der Waals surface area contributed by atoms with Crippen molar-refractivity contribution in [3.05, 3.63) is 35.4 Å². The Morgan fingerprint density at radius 2 is 2.12 bits per heavy atom. The second-order valence-electron chi connectivity index (χ2n) is 6.46. The first-order chi connectivity index (χ1) is 12.1. The molecule has 0 saturated carbocycles. The lowest BCUT2D eigenvalue weighted by atomic mass is 9.92. The monoisotopic (exact) mass is 362 g/mol. The fraction of sp³-hybridized carbons (Fsp3) is 0.353. The number of amides is 2. The van der Waals surface area contributed by atoms with Gasteiger partial charge < -0.3 is 25.0 Å². The number of likely N-dealkylation sites (N-methyl/N-ethyl adjacent to an activating group) is 1. The van der Waals surface area contributed by atoms with Crippen LogP contribution in [0.25, 0.3) is 11.4 Å². The number of carbonyl (C=O) groups is 2. The van der Waals surface area contributed by atoms with E-state index in [-0.39, 0.29) is 23.6 Å². The molecular formula is C17H19FN4O4. The van der Waals surface area contributed by atoms with Crippen LogP contribution in [0.1, 0.15) is 23.0 Å². The summed E-state index contributed by atoms with van der Waals surface area (Å²) in [4.78, 5) is 29.1. The Hall–Kier alpha value is -2.94. The fourth-order valence-corrected chi connectivity index (χ4v) is 2.95. The van der Waals surface area contributed by atoms with Crippen molar-refractivity contribution >= 4 is 11.8 Å². The van der Waals surface area contributed by atoms with Crippen molar-refractivity contribution in [3.8, 4) is 17.1 Å². The molecular weight excluding hydrogens is 343 g/mol. The summed E-state index contributed by atoms with van der Waals surface area (Å²) in [7, 11) is 2.93. The van der Waals surface area contributed by atoms with E-state index in [0.29, 0.717) is 17.9 Å². The van der Waals surface area contributed by atoms with Gasteiger partial charge in [-0.3, -0.25) is 9.59 Å². The van der Waals surface area contributed by atoms with Gasteiger partial charge in [0.05, 0.1) is 12.1 Å². The Bertz CT molecular complexity index is 904. The number of aliphatic hydroxyl groups is 1. The molecule has 0 aliphatic carbocycles. The van der Waals surface area contributed by atoms with Gasteiger partial charge in [0.2, 0.25) is 0 Å². The van der Waals surface area contributed by atoms with Gasteiger partial charge in [-0.15, -0.1) is 0 Å². The quantitative estimate of drug-likeness (QED) is 0.825. The molecule has 2 amide bonds. The van der Waals surface area contributed by atoms with E-state index in [1.807, 2.05) is 0 Å². The fourth-order valence-electron chi connectivity index (χ4n) is 2.95. The third-order valence-corrected chi connectivity index (χ3v) is 4.28. The minimum atomic E-state index is -2.08. The topological polar surface area (TPSA) is 111 Å². The lowest BCUT2D eigenvalue weighted by molar-refractivity contribution is -0.148. The molecule has 2 aromatic rings. The molecule has 1 aromatic carbocycles. The first kappa shape index (κ1) is 17.9. The van der Waals surface area contributed by atoms with E-state index >= 15 is 0 Å². The number of imidazole rings is 1. The zero-order valence-corrected chi connectivity index (χ0v) is 14.6. The van der Waals surface area contributed by atoms with Crippen molar-refractivity contribution in [1.29, 1.82) is 0 Å². The summed E-state index contributed by atoms with van der Waals surface area (Å²) in [6.45, 7) is 1.84. The second-order valence-corrected chi connectivity index (χ2v) is 6.46. The molecule has 138 valence electrons. The predicted molar refractivity (Wildman–Crippen MR) is 89.9 cm³/mol. The molecule has 1 aliphatic rings. The minimum absolute atomic E-state index is 0.0647. The molecule has 0 saturated heterocycles. The van der Waals surface area contributed by atoms with Crippen LogP contribution in [0.15, 0.2) is 18.3 Å². The molecule has 1 aliphatic heterocycles. The number of benzene rings is 1. The van der Waals surface area contributed by atoms with Crippen LogP contribution in [0.5, 0.6) is 5.75 Å². The van der Waals surface area contributed by atoms with Gasteiger partial charge in [0.15, 0.2) is 5.60 Å². The van der Waals surface area contributed by atoms with Gasteiger partial charge in [-0.1, -0.05) is 0 Å². The highest BCUT2D eigenvalue weighted by atomic mass is 19.1. The highest BCUT2D eigenvalue weighted by Crippen LogP contribution is 2.37. The lowest BCUT2D eigenvalue weighted by Crippen LogP contribution is -2.42. The highest BCUT2D eigenvalue weighted by molar-refractivity contribution is 5.91. The van der Waals surface area contributed by atoms with Crippen LogP contribution in [0.3, 0.4) is 0 Å². The standard InChI is InChI=1S/C17H19FN4O4/c1-17(25,16(24)21(2)3)10-6-9-13(7-11(10)18)26-5-4-22-8-12(14(19)23)20-15(9)22/h6-8,25H,4-5H2,1-3H3,(H2,19,23). The Morgan fingerprint density at radius 3 is 2.73 bits per heavy atom. The summed E-state index contributed by atoms with van der Waals surface area (Å²) in [6, 6.07) is 2.43. The molecule has 3 rings (SSSR count). The molecule has 9 heteroatoms. The Labute approximate surface area is 149 Å². The van der Waals surface area contributed by atoms with Crippen LogP contribution in [0, 0.1) is 5.82 Å². The van der Waals surface area contributed by atoms with Crippen LogP contribution in [0.4, 0.5) is 4.39 Å². The van der Waals surface area contributed by atoms with E-state index in [2.05, 4.69) is 4.98 Å². The maximum Gasteiger partial charge on any atom is 0.268 e. The number of rotatable bonds is 3. The number of aromatic nitrogens is 2. The summed E-state index contributed by atoms with van der Waals surface area (Å²) in [5, 5.41) is 10.6. The maximum atomic E-state index is 14.6. The average Bonchev–Trinajstić information content (AvgIpc) is 2.91. The van der Waals surface area contributed by atoms with E-state index in [0.717, 1.165) is 6.07 Å². The van der Waals surface area contributed by atoms with Gasteiger partial charge in [-0.25, -0.2) is 9.37 Å². The normalized spacial score (nSPS) is 15.1. The molecule has 1 unspecified atom stereocenters. The van der Waals surface area contributed by atoms with Crippen molar-refractivity contribution in [2.24, 2.45) is 5.73 Å². The summed E-state index contributed by atoms with van der Waals surface area (Å²) in [6.07, 6.45) is 1.49. The van der Waals surface area contributed by atoms with Gasteiger partial charge >= 0.3 is 0 Å². The first-order valence-corrected chi connectivity index (χ1v) is 7.91. The second kappa shape index (κ2) is 6.10. The zero-order chi connectivity index (χ0) is 19.2. The van der Waals surface area contributed by atoms with E-state index < -0.39 is 23.2 Å². The number of primary amides is 1. The van der Waals surface area contributed by atoms with Gasteiger partial charge in [0.25, 0.3) is 11.8 Å². The Kier molecular flexibility index (Phi) is 4.19. The van der Waals surface area contributed by atoms with E-state index in [9.17, 15) is 19.1 Å². The van der Waals surface area contributed by atoms with Crippen molar-refractivity contribution in [1.82, 2.24) is 14.5 Å². The number of hydrogen-bond acceptors (Lipinski definition) is 5. The van der Waals surface area contributed by atoms with Crippen LogP contribution in [-0.2, 0) is 16.9 Å². The number of carbonyl (C=O) groups excluding carboxylic acids is 2. The molecule has 1 aromatic heterocycles. The number of nitrogens with two attached hydrogens (primary N) is 1. The number of halogens is 1.